The van der Waals surface area contributed by atoms with Gasteiger partial charge in [0, 0.05) is 11.9 Å². The number of aromatic hydroxyl groups is 1. The number of carbonyl (C=O) groups is 2. The Balaban J connectivity index is 1.82. The topological polar surface area (TPSA) is 209 Å². The number of phenolic OH excluding ortho intramolecular Hbond substituents is 1. The number of phenols is 1. The zero-order chi connectivity index (χ0) is 31.6. The summed E-state index contributed by atoms with van der Waals surface area (Å²) < 4.78 is 56.9. The lowest BCUT2D eigenvalue weighted by molar-refractivity contribution is 0.0696. The molecule has 3 aromatic carbocycles. The second kappa shape index (κ2) is 15.0. The van der Waals surface area contributed by atoms with E-state index >= 15 is 0 Å². The molecule has 3 rings (SSSR count). The summed E-state index contributed by atoms with van der Waals surface area (Å²) >= 11 is 0. The van der Waals surface area contributed by atoms with Crippen LogP contribution in [0.1, 0.15) is 71.7 Å². The van der Waals surface area contributed by atoms with Crippen molar-refractivity contribution in [3.05, 3.63) is 65.2 Å². The van der Waals surface area contributed by atoms with Crippen molar-refractivity contribution in [3.8, 4) is 5.75 Å². The number of carboxylic acid groups (broad SMARTS) is 1. The van der Waals surface area contributed by atoms with E-state index in [1.165, 1.54) is 48.5 Å². The third-order valence-corrected chi connectivity index (χ3v) is 8.65. The summed E-state index contributed by atoms with van der Waals surface area (Å²) in [6.07, 6.45) is 6.10. The number of azo groups is 1. The van der Waals surface area contributed by atoms with Gasteiger partial charge in [-0.15, -0.1) is 8.74 Å². The fourth-order valence-corrected chi connectivity index (χ4v) is 6.04. The van der Waals surface area contributed by atoms with Gasteiger partial charge in [-0.2, -0.15) is 21.9 Å². The van der Waals surface area contributed by atoms with E-state index in [9.17, 15) is 36.6 Å². The van der Waals surface area contributed by atoms with Gasteiger partial charge in [0.25, 0.3) is 16.0 Å². The second-order valence-electron chi connectivity index (χ2n) is 9.76. The first kappa shape index (κ1) is 33.6. The monoisotopic (exact) mass is 635 g/mol. The second-order valence-corrected chi connectivity index (χ2v) is 12.7. The van der Waals surface area contributed by atoms with Gasteiger partial charge in [-0.25, -0.2) is 4.79 Å². The van der Waals surface area contributed by atoms with Crippen molar-refractivity contribution in [2.75, 3.05) is 12.3 Å². The van der Waals surface area contributed by atoms with E-state index in [1.807, 2.05) is 0 Å². The molecule has 0 aromatic heterocycles. The predicted molar refractivity (Wildman–Crippen MR) is 159 cm³/mol. The number of hydrogen-bond acceptors (Lipinski definition) is 10. The van der Waals surface area contributed by atoms with Crippen molar-refractivity contribution < 1.29 is 44.8 Å². The van der Waals surface area contributed by atoms with Crippen molar-refractivity contribution in [3.63, 3.8) is 0 Å². The van der Waals surface area contributed by atoms with Crippen LogP contribution in [0, 0.1) is 0 Å². The van der Waals surface area contributed by atoms with Crippen LogP contribution in [0.2, 0.25) is 0 Å². The zero-order valence-electron chi connectivity index (χ0n) is 23.4. The minimum absolute atomic E-state index is 0.0147. The molecule has 0 aliphatic carbocycles. The van der Waals surface area contributed by atoms with Crippen LogP contribution in [-0.4, -0.2) is 55.8 Å². The lowest BCUT2D eigenvalue weighted by atomic mass is 10.0. The van der Waals surface area contributed by atoms with Crippen molar-refractivity contribution >= 4 is 54.5 Å². The minimum atomic E-state index is -5.16. The van der Waals surface area contributed by atoms with E-state index in [4.69, 9.17) is 4.55 Å². The Bertz CT molecular complexity index is 1700. The van der Waals surface area contributed by atoms with Gasteiger partial charge in [0.1, 0.15) is 5.69 Å². The highest BCUT2D eigenvalue weighted by Gasteiger charge is 2.21. The molecular weight excluding hydrogens is 602 g/mol. The van der Waals surface area contributed by atoms with E-state index < -0.39 is 43.9 Å². The van der Waals surface area contributed by atoms with Gasteiger partial charge in [0.2, 0.25) is 0 Å². The summed E-state index contributed by atoms with van der Waals surface area (Å²) in [6.45, 7) is 2.54. The van der Waals surface area contributed by atoms with Gasteiger partial charge in [-0.05, 0) is 54.1 Å². The average Bonchev–Trinajstić information content (AvgIpc) is 2.93. The fraction of sp³-hybridized carbons (Fsp3) is 0.357. The molecule has 0 saturated carbocycles. The number of aromatic carboxylic acids is 1. The molecule has 4 N–H and O–H groups in total. The average molecular weight is 636 g/mol. The highest BCUT2D eigenvalue weighted by atomic mass is 32.3. The Kier molecular flexibility index (Phi) is 11.7. The molecule has 0 unspecified atom stereocenters. The van der Waals surface area contributed by atoms with Gasteiger partial charge in [-0.3, -0.25) is 9.35 Å². The lowest BCUT2D eigenvalue weighted by Crippen LogP contribution is -2.24. The van der Waals surface area contributed by atoms with Gasteiger partial charge in [0.05, 0.1) is 22.6 Å². The number of rotatable bonds is 16. The number of aryl methyl sites for hydroxylation is 1. The molecule has 3 aromatic rings. The largest absolute Gasteiger partial charge is 0.505 e. The van der Waals surface area contributed by atoms with Crippen molar-refractivity contribution in [2.45, 2.75) is 51.9 Å². The highest BCUT2D eigenvalue weighted by molar-refractivity contribution is 7.97. The molecule has 1 amide bonds. The number of carbonyl (C=O) groups excluding carboxylic acids is 1. The van der Waals surface area contributed by atoms with E-state index in [0.29, 0.717) is 28.6 Å². The van der Waals surface area contributed by atoms with Gasteiger partial charge < -0.3 is 15.5 Å². The molecule has 15 heteroatoms. The summed E-state index contributed by atoms with van der Waals surface area (Å²) in [7, 11) is -9.69. The normalized spacial score (nSPS) is 12.1. The first-order valence-electron chi connectivity index (χ1n) is 13.5. The number of nitrogens with one attached hydrogen (secondary N) is 1. The first-order valence-corrected chi connectivity index (χ1v) is 16.5. The number of benzene rings is 3. The van der Waals surface area contributed by atoms with Crippen LogP contribution >= 0.6 is 0 Å². The molecule has 0 heterocycles. The Morgan fingerprint density at radius 1 is 0.907 bits per heavy atom. The molecule has 0 saturated heterocycles. The molecule has 13 nitrogen and oxygen atoms in total. The molecule has 0 spiro atoms. The van der Waals surface area contributed by atoms with E-state index in [1.54, 1.807) is 0 Å². The molecule has 0 radical (unpaired) electrons. The Labute approximate surface area is 249 Å². The number of carboxylic acids is 1. The van der Waals surface area contributed by atoms with E-state index in [-0.39, 0.29) is 23.2 Å². The summed E-state index contributed by atoms with van der Waals surface area (Å²) in [5.74, 6) is -2.84. The van der Waals surface area contributed by atoms with Gasteiger partial charge in [-0.1, -0.05) is 57.2 Å². The Hall–Kier alpha value is -3.92. The maximum Gasteiger partial charge on any atom is 0.412 e. The molecule has 0 atom stereocenters. The minimum Gasteiger partial charge on any atom is -0.505 e. The predicted octanol–water partition coefficient (Wildman–Crippen LogP) is 5.44. The van der Waals surface area contributed by atoms with Crippen LogP contribution < -0.4 is 5.32 Å². The fourth-order valence-electron chi connectivity index (χ4n) is 4.23. The Morgan fingerprint density at radius 2 is 1.58 bits per heavy atom. The highest BCUT2D eigenvalue weighted by Crippen LogP contribution is 2.39. The van der Waals surface area contributed by atoms with Crippen LogP contribution in [0.15, 0.2) is 58.8 Å². The number of nitrogens with zero attached hydrogens (tertiary/aromatic N) is 2. The van der Waals surface area contributed by atoms with E-state index in [2.05, 4.69) is 26.1 Å². The van der Waals surface area contributed by atoms with Crippen molar-refractivity contribution in [1.82, 2.24) is 5.32 Å². The lowest BCUT2D eigenvalue weighted by Gasteiger charge is -2.12. The van der Waals surface area contributed by atoms with Gasteiger partial charge in [0.15, 0.2) is 5.75 Å². The Morgan fingerprint density at radius 3 is 2.23 bits per heavy atom. The molecule has 0 fully saturated rings. The summed E-state index contributed by atoms with van der Waals surface area (Å²) in [4.78, 5) is 24.5. The third kappa shape index (κ3) is 10.4. The smallest absolute Gasteiger partial charge is 0.412 e. The van der Waals surface area contributed by atoms with Crippen molar-refractivity contribution in [1.29, 1.82) is 0 Å². The van der Waals surface area contributed by atoms with Gasteiger partial charge >= 0.3 is 16.4 Å². The SMILES string of the molecule is CCCCCCCCNC(=O)c1cc2cc(C(=O)O)ccc2c(N=Nc2ccc(CCS(=O)(=O)OS(=O)(=O)O)cc2)c1O. The molecule has 0 aliphatic heterocycles. The number of hydrogen-bond donors (Lipinski definition) is 4. The van der Waals surface area contributed by atoms with Crippen LogP contribution in [0.4, 0.5) is 11.4 Å². The molecule has 0 bridgehead atoms. The van der Waals surface area contributed by atoms with Crippen LogP contribution in [0.25, 0.3) is 10.8 Å². The quantitative estimate of drug-likeness (QED) is 0.0889. The maximum absolute atomic E-state index is 13.0. The first-order chi connectivity index (χ1) is 20.3. The molecular formula is C28H33N3O10S2. The summed E-state index contributed by atoms with van der Waals surface area (Å²) in [5.41, 5.74) is 0.642. The number of unbranched alkanes of at least 4 members (excludes halogenated alkanes) is 5. The maximum atomic E-state index is 13.0. The molecule has 0 aliphatic rings. The standard InChI is InChI=1S/C28H33N3O10S2/c1-2-3-4-5-6-7-15-29-27(33)24-18-21-17-20(28(34)35)10-13-23(21)25(26(24)32)31-30-22-11-8-19(9-12-22)14-16-42(36,37)41-43(38,39)40/h8-13,17-18,32H,2-7,14-16H2,1H3,(H,29,33)(H,34,35)(H,38,39,40). The summed E-state index contributed by atoms with van der Waals surface area (Å²) in [6, 6.07) is 11.6. The van der Waals surface area contributed by atoms with Crippen LogP contribution in [0.5, 0.6) is 5.75 Å². The van der Waals surface area contributed by atoms with Crippen LogP contribution in [0.3, 0.4) is 0 Å². The van der Waals surface area contributed by atoms with Crippen LogP contribution in [-0.2, 0) is 30.6 Å². The zero-order valence-corrected chi connectivity index (χ0v) is 25.0. The van der Waals surface area contributed by atoms with E-state index in [0.717, 1.165) is 38.5 Å². The van der Waals surface area contributed by atoms with Crippen molar-refractivity contribution in [2.24, 2.45) is 10.2 Å². The third-order valence-electron chi connectivity index (χ3n) is 6.43. The molecule has 232 valence electrons. The summed E-state index contributed by atoms with van der Waals surface area (Å²) in [5, 5.41) is 32.2. The molecule has 43 heavy (non-hydrogen) atoms. The number of fused-ring (bicyclic) bond motifs is 1. The number of amides is 1.